The molecule has 12 heteroatoms. The molecule has 0 aromatic heterocycles. The Morgan fingerprint density at radius 2 is 0.667 bits per heavy atom. The van der Waals surface area contributed by atoms with Gasteiger partial charge in [0.1, 0.15) is 11.5 Å². The minimum absolute atomic E-state index is 0.0675. The zero-order chi connectivity index (χ0) is 34.4. The monoisotopic (exact) mass is 674 g/mol. The van der Waals surface area contributed by atoms with Crippen molar-refractivity contribution >= 4 is 22.5 Å². The van der Waals surface area contributed by atoms with Gasteiger partial charge in [-0.05, 0) is 35.4 Å². The molecule has 12 nitrogen and oxygen atoms in total. The summed E-state index contributed by atoms with van der Waals surface area (Å²) in [5, 5.41) is 22.2. The molecule has 0 heterocycles. The molecule has 0 amide bonds. The maximum absolute atomic E-state index is 11.1. The molecule has 48 heavy (non-hydrogen) atoms. The summed E-state index contributed by atoms with van der Waals surface area (Å²) in [7, 11) is 6.60. The van der Waals surface area contributed by atoms with Gasteiger partial charge in [-0.2, -0.15) is 0 Å². The number of benzene rings is 2. The predicted octanol–water partition coefficient (Wildman–Crippen LogP) is 4.20. The SMILES string of the molecule is COCCOCCN(CCOCCOC)c1ccc(C2=C(O)C(c3ccc(N(CCOCCOC)CCOCCOC)cc3)=C2O)cc1. The lowest BCUT2D eigenvalue weighted by Gasteiger charge is -2.27. The van der Waals surface area contributed by atoms with Gasteiger partial charge >= 0.3 is 0 Å². The molecule has 0 saturated carbocycles. The van der Waals surface area contributed by atoms with Crippen LogP contribution in [0, 0.1) is 0 Å². The highest BCUT2D eigenvalue weighted by atomic mass is 16.5. The van der Waals surface area contributed by atoms with Crippen LogP contribution in [0.4, 0.5) is 11.4 Å². The first-order valence-electron chi connectivity index (χ1n) is 16.4. The highest BCUT2D eigenvalue weighted by Gasteiger charge is 2.31. The van der Waals surface area contributed by atoms with Gasteiger partial charge in [-0.3, -0.25) is 0 Å². The van der Waals surface area contributed by atoms with E-state index in [9.17, 15) is 10.2 Å². The molecule has 0 unspecified atom stereocenters. The van der Waals surface area contributed by atoms with Gasteiger partial charge in [-0.15, -0.1) is 0 Å². The number of anilines is 2. The van der Waals surface area contributed by atoms with Crippen LogP contribution in [0.2, 0.25) is 0 Å². The fourth-order valence-corrected chi connectivity index (χ4v) is 5.05. The zero-order valence-corrected chi connectivity index (χ0v) is 29.0. The van der Waals surface area contributed by atoms with E-state index in [-0.39, 0.29) is 11.5 Å². The molecule has 0 aliphatic heterocycles. The van der Waals surface area contributed by atoms with Gasteiger partial charge in [-0.25, -0.2) is 0 Å². The Labute approximate surface area is 285 Å². The maximum atomic E-state index is 11.1. The van der Waals surface area contributed by atoms with Crippen LogP contribution >= 0.6 is 0 Å². The normalized spacial score (nSPS) is 12.9. The van der Waals surface area contributed by atoms with E-state index in [0.717, 1.165) is 22.5 Å². The summed E-state index contributed by atoms with van der Waals surface area (Å²) in [6.07, 6.45) is 0. The van der Waals surface area contributed by atoms with E-state index in [1.165, 1.54) is 0 Å². The summed E-state index contributed by atoms with van der Waals surface area (Å²) >= 11 is 0. The van der Waals surface area contributed by atoms with Crippen molar-refractivity contribution in [3.8, 4) is 0 Å². The van der Waals surface area contributed by atoms with Crippen LogP contribution < -0.4 is 9.80 Å². The number of aliphatic hydroxyl groups is 2. The number of aliphatic hydroxyl groups excluding tert-OH is 2. The lowest BCUT2D eigenvalue weighted by molar-refractivity contribution is 0.0677. The molecule has 0 fully saturated rings. The lowest BCUT2D eigenvalue weighted by Crippen LogP contribution is -2.31. The van der Waals surface area contributed by atoms with Gasteiger partial charge in [0.05, 0.1) is 90.4 Å². The van der Waals surface area contributed by atoms with Gasteiger partial charge < -0.3 is 57.9 Å². The number of hydrogen-bond donors (Lipinski definition) is 2. The molecular weight excluding hydrogens is 620 g/mol. The van der Waals surface area contributed by atoms with Crippen molar-refractivity contribution in [3.63, 3.8) is 0 Å². The van der Waals surface area contributed by atoms with E-state index in [2.05, 4.69) is 9.80 Å². The van der Waals surface area contributed by atoms with E-state index in [1.807, 2.05) is 48.5 Å². The van der Waals surface area contributed by atoms with Crippen LogP contribution in [0.15, 0.2) is 60.0 Å². The summed E-state index contributed by atoms with van der Waals surface area (Å²) in [4.78, 5) is 4.36. The number of hydrogen-bond acceptors (Lipinski definition) is 12. The van der Waals surface area contributed by atoms with Gasteiger partial charge in [-0.1, -0.05) is 24.3 Å². The highest BCUT2D eigenvalue weighted by molar-refractivity contribution is 6.06. The first-order chi connectivity index (χ1) is 23.5. The maximum Gasteiger partial charge on any atom is 0.138 e. The number of methoxy groups -OCH3 is 4. The molecular formula is C36H54N2O10. The summed E-state index contributed by atoms with van der Waals surface area (Å²) in [6.45, 7) is 9.20. The standard InChI is InChI=1S/C36H54N2O10/c1-41-21-25-45-17-13-37(14-18-46-26-22-42-2)31-9-5-29(6-10-31)33-35(39)34(36(33)40)30-7-11-32(12-8-30)38(15-19-47-27-23-43-3)16-20-48-28-24-44-4/h5-12,39-40H,13-28H2,1-4H3. The number of nitrogens with zero attached hydrogens (tertiary/aromatic N) is 2. The zero-order valence-electron chi connectivity index (χ0n) is 29.0. The highest BCUT2D eigenvalue weighted by Crippen LogP contribution is 2.44. The third-order valence-electron chi connectivity index (χ3n) is 7.74. The van der Waals surface area contributed by atoms with Crippen molar-refractivity contribution in [2.45, 2.75) is 0 Å². The fraction of sp³-hybridized carbons (Fsp3) is 0.556. The van der Waals surface area contributed by atoms with Crippen molar-refractivity contribution in [2.75, 3.05) is 144 Å². The van der Waals surface area contributed by atoms with E-state index >= 15 is 0 Å². The second-order valence-electron chi connectivity index (χ2n) is 10.9. The molecule has 0 spiro atoms. The summed E-state index contributed by atoms with van der Waals surface area (Å²) < 4.78 is 43.0. The molecule has 1 aliphatic rings. The number of rotatable bonds is 28. The van der Waals surface area contributed by atoms with E-state index in [0.29, 0.717) is 117 Å². The second-order valence-corrected chi connectivity index (χ2v) is 10.9. The van der Waals surface area contributed by atoms with E-state index in [1.54, 1.807) is 28.4 Å². The van der Waals surface area contributed by atoms with Crippen LogP contribution in [-0.4, -0.2) is 144 Å². The van der Waals surface area contributed by atoms with Crippen molar-refractivity contribution in [2.24, 2.45) is 0 Å². The molecule has 0 atom stereocenters. The minimum atomic E-state index is 0.0675. The largest absolute Gasteiger partial charge is 0.506 e. The molecule has 268 valence electrons. The van der Waals surface area contributed by atoms with Crippen LogP contribution in [0.3, 0.4) is 0 Å². The van der Waals surface area contributed by atoms with Crippen LogP contribution in [0.25, 0.3) is 11.1 Å². The Bertz CT molecular complexity index is 1090. The average Bonchev–Trinajstić information content (AvgIpc) is 3.10. The predicted molar refractivity (Wildman–Crippen MR) is 187 cm³/mol. The Kier molecular flexibility index (Phi) is 19.0. The van der Waals surface area contributed by atoms with Crippen LogP contribution in [-0.2, 0) is 37.9 Å². The Morgan fingerprint density at radius 1 is 0.396 bits per heavy atom. The van der Waals surface area contributed by atoms with Crippen LogP contribution in [0.1, 0.15) is 11.1 Å². The van der Waals surface area contributed by atoms with Gasteiger partial charge in [0, 0.05) is 66.0 Å². The topological polar surface area (TPSA) is 121 Å². The Hall–Kier alpha value is -3.20. The Balaban J connectivity index is 1.65. The van der Waals surface area contributed by atoms with Crippen molar-refractivity contribution in [3.05, 3.63) is 71.2 Å². The molecule has 3 rings (SSSR count). The van der Waals surface area contributed by atoms with Gasteiger partial charge in [0.25, 0.3) is 0 Å². The quantitative estimate of drug-likeness (QED) is 0.126. The van der Waals surface area contributed by atoms with Gasteiger partial charge in [0.15, 0.2) is 0 Å². The van der Waals surface area contributed by atoms with E-state index < -0.39 is 0 Å². The average molecular weight is 675 g/mol. The molecule has 0 bridgehead atoms. The molecule has 2 N–H and O–H groups in total. The summed E-state index contributed by atoms with van der Waals surface area (Å²) in [6, 6.07) is 15.5. The summed E-state index contributed by atoms with van der Waals surface area (Å²) in [5.41, 5.74) is 4.30. The van der Waals surface area contributed by atoms with Crippen molar-refractivity contribution < 1.29 is 48.1 Å². The van der Waals surface area contributed by atoms with Crippen LogP contribution in [0.5, 0.6) is 0 Å². The smallest absolute Gasteiger partial charge is 0.138 e. The fourth-order valence-electron chi connectivity index (χ4n) is 5.05. The van der Waals surface area contributed by atoms with Crippen molar-refractivity contribution in [1.82, 2.24) is 0 Å². The molecule has 1 aliphatic carbocycles. The second kappa shape index (κ2) is 23.2. The third-order valence-corrected chi connectivity index (χ3v) is 7.74. The minimum Gasteiger partial charge on any atom is -0.506 e. The third kappa shape index (κ3) is 12.7. The lowest BCUT2D eigenvalue weighted by atomic mass is 9.84. The van der Waals surface area contributed by atoms with Gasteiger partial charge in [0.2, 0.25) is 0 Å². The first-order valence-corrected chi connectivity index (χ1v) is 16.4. The molecule has 0 radical (unpaired) electrons. The summed E-state index contributed by atoms with van der Waals surface area (Å²) in [5.74, 6) is 0.135. The first kappa shape index (κ1) is 39.2. The van der Waals surface area contributed by atoms with E-state index in [4.69, 9.17) is 37.9 Å². The molecule has 2 aromatic carbocycles. The number of ether oxygens (including phenoxy) is 8. The molecule has 2 aromatic rings. The number of allylic oxidation sites excluding steroid dienone is 2. The Morgan fingerprint density at radius 3 is 0.917 bits per heavy atom. The van der Waals surface area contributed by atoms with Crippen molar-refractivity contribution in [1.29, 1.82) is 0 Å². The molecule has 0 saturated heterocycles.